The Bertz CT molecular complexity index is 1980. The van der Waals surface area contributed by atoms with Gasteiger partial charge in [-0.05, 0) is 109 Å². The van der Waals surface area contributed by atoms with Crippen molar-refractivity contribution < 1.29 is 52.8 Å². The Balaban J connectivity index is 1.14. The molecule has 344 valence electrons. The maximum Gasteiger partial charge on any atom is 0.303 e. The number of hydrogen-bond donors (Lipinski definition) is 2. The molecule has 0 aromatic carbocycles. The minimum absolute atomic E-state index is 0.00811. The number of allylic oxidation sites excluding steroid dienone is 2. The first-order chi connectivity index (χ1) is 28.9. The lowest BCUT2D eigenvalue weighted by molar-refractivity contribution is -0.270. The summed E-state index contributed by atoms with van der Waals surface area (Å²) in [6.45, 7) is 21.2. The molecule has 6 aliphatic rings. The number of rotatable bonds is 9. The van der Waals surface area contributed by atoms with E-state index in [9.17, 15) is 29.1 Å². The summed E-state index contributed by atoms with van der Waals surface area (Å²) >= 11 is 0. The van der Waals surface area contributed by atoms with Crippen LogP contribution in [0.3, 0.4) is 0 Å². The van der Waals surface area contributed by atoms with Gasteiger partial charge in [0.2, 0.25) is 5.91 Å². The Morgan fingerprint density at radius 1 is 0.806 bits per heavy atom. The van der Waals surface area contributed by atoms with Crippen molar-refractivity contribution in [2.75, 3.05) is 6.61 Å². The van der Waals surface area contributed by atoms with Crippen molar-refractivity contribution in [1.29, 1.82) is 0 Å². The second-order valence-electron chi connectivity index (χ2n) is 21.7. The van der Waals surface area contributed by atoms with Gasteiger partial charge in [-0.25, -0.2) is 4.68 Å². The van der Waals surface area contributed by atoms with Gasteiger partial charge in [-0.15, -0.1) is 5.10 Å². The van der Waals surface area contributed by atoms with Gasteiger partial charge in [0, 0.05) is 27.7 Å². The van der Waals surface area contributed by atoms with E-state index >= 15 is 0 Å². The van der Waals surface area contributed by atoms with E-state index in [1.807, 2.05) is 0 Å². The van der Waals surface area contributed by atoms with Crippen LogP contribution in [-0.4, -0.2) is 87.0 Å². The number of ether oxygens (including phenoxy) is 5. The molecule has 0 spiro atoms. The highest BCUT2D eigenvalue weighted by molar-refractivity contribution is 5.84. The zero-order valence-electron chi connectivity index (χ0n) is 38.7. The summed E-state index contributed by atoms with van der Waals surface area (Å²) in [5.74, 6) is -1.75. The molecule has 0 unspecified atom stereocenters. The molecule has 2 N–H and O–H groups in total. The van der Waals surface area contributed by atoms with Gasteiger partial charge in [-0.3, -0.25) is 24.0 Å². The standard InChI is InChI=1S/C47H70N4O11/c1-26(52)58-25-33-37(59-27(2)53)38(60-28(3)54)39(61-29(4)55)40(62-33)51-24-30(49-50-51)23-48-41(57)47-20-18-42(5,6)22-32(47)31-12-13-35-44(9)16-15-36(56)43(7,8)34(44)14-17-46(35,11)45(31,10)19-21-47/h12,24,32-40,56H,13-23,25H2,1-11H3,(H,48,57)/t32-,33+,34-,35+,36-,37+,38-,39+,40+,44-,45+,46+,47-/m0/s1. The third kappa shape index (κ3) is 7.78. The number of aliphatic hydroxyl groups excluding tert-OH is 1. The van der Waals surface area contributed by atoms with Crippen molar-refractivity contribution in [2.45, 2.75) is 184 Å². The van der Waals surface area contributed by atoms with Crippen molar-refractivity contribution in [3.05, 3.63) is 23.5 Å². The Morgan fingerprint density at radius 2 is 1.45 bits per heavy atom. The second-order valence-corrected chi connectivity index (χ2v) is 21.7. The first-order valence-corrected chi connectivity index (χ1v) is 22.8. The Labute approximate surface area is 366 Å². The van der Waals surface area contributed by atoms with Gasteiger partial charge >= 0.3 is 23.9 Å². The van der Waals surface area contributed by atoms with Crippen molar-refractivity contribution in [1.82, 2.24) is 20.3 Å². The summed E-state index contributed by atoms with van der Waals surface area (Å²) in [7, 11) is 0. The summed E-state index contributed by atoms with van der Waals surface area (Å²) < 4.78 is 29.6. The van der Waals surface area contributed by atoms with Crippen LogP contribution < -0.4 is 5.32 Å². The van der Waals surface area contributed by atoms with Crippen LogP contribution in [0.1, 0.15) is 152 Å². The van der Waals surface area contributed by atoms with Crippen LogP contribution in [0.5, 0.6) is 0 Å². The molecule has 1 amide bonds. The van der Waals surface area contributed by atoms with E-state index in [0.717, 1.165) is 71.1 Å². The second kappa shape index (κ2) is 16.3. The largest absolute Gasteiger partial charge is 0.463 e. The predicted molar refractivity (Wildman–Crippen MR) is 224 cm³/mol. The number of nitrogens with zero attached hydrogens (tertiary/aromatic N) is 3. The zero-order valence-corrected chi connectivity index (χ0v) is 38.7. The summed E-state index contributed by atoms with van der Waals surface area (Å²) in [4.78, 5) is 63.7. The number of fused-ring (bicyclic) bond motifs is 7. The molecule has 1 saturated heterocycles. The van der Waals surface area contributed by atoms with Crippen LogP contribution in [0.4, 0.5) is 0 Å². The van der Waals surface area contributed by atoms with Crippen molar-refractivity contribution in [2.24, 2.45) is 50.2 Å². The monoisotopic (exact) mass is 867 g/mol. The lowest BCUT2D eigenvalue weighted by Crippen LogP contribution is -2.65. The van der Waals surface area contributed by atoms with Crippen LogP contribution in [0, 0.1) is 50.2 Å². The number of esters is 4. The first kappa shape index (κ1) is 46.2. The van der Waals surface area contributed by atoms with Gasteiger partial charge in [0.05, 0.1) is 24.3 Å². The number of hydrogen-bond acceptors (Lipinski definition) is 13. The molecular formula is C47H70N4O11. The van der Waals surface area contributed by atoms with Gasteiger partial charge in [0.1, 0.15) is 18.4 Å². The third-order valence-electron chi connectivity index (χ3n) is 17.3. The van der Waals surface area contributed by atoms with Gasteiger partial charge in [-0.1, -0.05) is 65.3 Å². The van der Waals surface area contributed by atoms with E-state index in [2.05, 4.69) is 70.2 Å². The first-order valence-electron chi connectivity index (χ1n) is 22.8. The normalized spacial score (nSPS) is 40.5. The third-order valence-corrected chi connectivity index (χ3v) is 17.3. The molecule has 13 atom stereocenters. The zero-order chi connectivity index (χ0) is 45.4. The molecule has 4 saturated carbocycles. The number of carbonyl (C=O) groups is 5. The number of aliphatic hydroxyl groups is 1. The quantitative estimate of drug-likeness (QED) is 0.159. The molecule has 5 aliphatic carbocycles. The van der Waals surface area contributed by atoms with Gasteiger partial charge in [0.25, 0.3) is 0 Å². The van der Waals surface area contributed by atoms with Gasteiger partial charge in [-0.2, -0.15) is 0 Å². The lowest BCUT2D eigenvalue weighted by atomic mass is 9.33. The number of nitrogens with one attached hydrogen (secondary N) is 1. The van der Waals surface area contributed by atoms with E-state index in [1.54, 1.807) is 6.20 Å². The van der Waals surface area contributed by atoms with Crippen LogP contribution in [0.2, 0.25) is 0 Å². The maximum absolute atomic E-state index is 14.9. The fourth-order valence-electron chi connectivity index (χ4n) is 13.9. The summed E-state index contributed by atoms with van der Waals surface area (Å²) in [6.07, 6.45) is 6.93. The average molecular weight is 867 g/mol. The van der Waals surface area contributed by atoms with Crippen LogP contribution in [-0.2, 0) is 54.2 Å². The molecule has 62 heavy (non-hydrogen) atoms. The molecule has 1 aromatic rings. The summed E-state index contributed by atoms with van der Waals surface area (Å²) in [5, 5.41) is 23.1. The summed E-state index contributed by atoms with van der Waals surface area (Å²) in [5.41, 5.74) is 1.39. The summed E-state index contributed by atoms with van der Waals surface area (Å²) in [6, 6.07) is 0. The number of amides is 1. The predicted octanol–water partition coefficient (Wildman–Crippen LogP) is 6.31. The van der Waals surface area contributed by atoms with Crippen LogP contribution in [0.25, 0.3) is 0 Å². The molecule has 1 aliphatic heterocycles. The van der Waals surface area contributed by atoms with Crippen molar-refractivity contribution in [3.63, 3.8) is 0 Å². The smallest absolute Gasteiger partial charge is 0.303 e. The molecule has 15 heteroatoms. The lowest BCUT2D eigenvalue weighted by Gasteiger charge is -2.71. The molecule has 2 heterocycles. The highest BCUT2D eigenvalue weighted by Gasteiger charge is 2.69. The molecule has 15 nitrogen and oxygen atoms in total. The van der Waals surface area contributed by atoms with Crippen LogP contribution >= 0.6 is 0 Å². The maximum atomic E-state index is 14.9. The van der Waals surface area contributed by atoms with E-state index in [1.165, 1.54) is 31.0 Å². The van der Waals surface area contributed by atoms with Gasteiger partial charge < -0.3 is 34.1 Å². The molecular weight excluding hydrogens is 797 g/mol. The van der Waals surface area contributed by atoms with E-state index in [-0.39, 0.29) is 58.2 Å². The van der Waals surface area contributed by atoms with E-state index in [4.69, 9.17) is 23.7 Å². The molecule has 7 rings (SSSR count). The van der Waals surface area contributed by atoms with Crippen LogP contribution in [0.15, 0.2) is 17.8 Å². The molecule has 1 aromatic heterocycles. The minimum atomic E-state index is -1.36. The highest BCUT2D eigenvalue weighted by Crippen LogP contribution is 2.75. The SMILES string of the molecule is CC(=O)OC[C@H]1O[C@@H](n2cc(CNC(=O)[C@]34CCC(C)(C)C[C@H]3C3=CC[C@@H]5[C@@]6(C)CC[C@H](O)C(C)(C)[C@@H]6CC[C@@]5(C)[C@]3(C)CC4)nn2)[C@H](OC(C)=O)[C@@H](OC(C)=O)[C@@H]1OC(C)=O. The molecule has 0 radical (unpaired) electrons. The molecule has 0 bridgehead atoms. The number of carbonyl (C=O) groups excluding carboxylic acids is 5. The Hall–Kier alpha value is -3.85. The van der Waals surface area contributed by atoms with Gasteiger partial charge in [0.15, 0.2) is 24.5 Å². The average Bonchev–Trinajstić information content (AvgIpc) is 3.64. The van der Waals surface area contributed by atoms with E-state index < -0.39 is 59.9 Å². The Morgan fingerprint density at radius 3 is 2.11 bits per heavy atom. The van der Waals surface area contributed by atoms with Crippen molar-refractivity contribution >= 4 is 29.8 Å². The van der Waals surface area contributed by atoms with Crippen molar-refractivity contribution in [3.8, 4) is 0 Å². The Kier molecular flexibility index (Phi) is 12.1. The fourth-order valence-corrected chi connectivity index (χ4v) is 13.9. The van der Waals surface area contributed by atoms with E-state index in [0.29, 0.717) is 17.5 Å². The minimum Gasteiger partial charge on any atom is -0.463 e. The topological polar surface area (TPSA) is 194 Å². The number of aromatic nitrogens is 3. The highest BCUT2D eigenvalue weighted by atomic mass is 16.7. The molecule has 5 fully saturated rings. The fraction of sp³-hybridized carbons (Fsp3) is 0.809.